The van der Waals surface area contributed by atoms with Crippen LogP contribution in [0.5, 0.6) is 0 Å². The molecule has 1 nitrogen and oxygen atoms in total. The summed E-state index contributed by atoms with van der Waals surface area (Å²) in [5.41, 5.74) is 6.86. The predicted molar refractivity (Wildman–Crippen MR) is 72.3 cm³/mol. The Bertz CT molecular complexity index is 311. The van der Waals surface area contributed by atoms with Crippen molar-refractivity contribution in [3.05, 3.63) is 34.1 Å². The first-order valence-corrected chi connectivity index (χ1v) is 6.00. The van der Waals surface area contributed by atoms with Crippen molar-refractivity contribution in [2.45, 2.75) is 32.7 Å². The van der Waals surface area contributed by atoms with E-state index in [4.69, 9.17) is 5.73 Å². The van der Waals surface area contributed by atoms with Crippen molar-refractivity contribution in [1.29, 1.82) is 0 Å². The fraction of sp³-hybridized carbons (Fsp3) is 0.500. The fourth-order valence-electron chi connectivity index (χ4n) is 1.47. The first kappa shape index (κ1) is 15.9. The lowest BCUT2D eigenvalue weighted by molar-refractivity contribution is 0.505. The van der Waals surface area contributed by atoms with Crippen LogP contribution in [-0.2, 0) is 0 Å². The quantitative estimate of drug-likeness (QED) is 0.874. The lowest BCUT2D eigenvalue weighted by Gasteiger charge is -2.13. The van der Waals surface area contributed by atoms with Gasteiger partial charge in [-0.25, -0.2) is 4.39 Å². The molecule has 0 spiro atoms. The van der Waals surface area contributed by atoms with Gasteiger partial charge in [-0.2, -0.15) is 0 Å². The van der Waals surface area contributed by atoms with Gasteiger partial charge in [-0.1, -0.05) is 29.8 Å². The molecule has 0 aromatic heterocycles. The van der Waals surface area contributed by atoms with Gasteiger partial charge in [0.25, 0.3) is 0 Å². The zero-order valence-corrected chi connectivity index (χ0v) is 11.9. The standard InChI is InChI=1S/C12H17BrFN.ClH/c1-8(2)3-4-12(15)9-5-10(13)7-11(14)6-9;/h5-8,12H,3-4,15H2,1-2H3;1H/t12-;/m0./s1. The molecule has 1 aromatic rings. The molecule has 4 heteroatoms. The van der Waals surface area contributed by atoms with Crippen LogP contribution < -0.4 is 5.73 Å². The highest BCUT2D eigenvalue weighted by Crippen LogP contribution is 2.23. The maximum Gasteiger partial charge on any atom is 0.124 e. The summed E-state index contributed by atoms with van der Waals surface area (Å²) >= 11 is 3.27. The minimum absolute atomic E-state index is 0. The third kappa shape index (κ3) is 5.28. The Balaban J connectivity index is 0.00000225. The molecule has 2 N–H and O–H groups in total. The van der Waals surface area contributed by atoms with Gasteiger partial charge in [0.15, 0.2) is 0 Å². The van der Waals surface area contributed by atoms with Gasteiger partial charge < -0.3 is 5.73 Å². The minimum atomic E-state index is -0.237. The molecule has 92 valence electrons. The van der Waals surface area contributed by atoms with E-state index in [2.05, 4.69) is 29.8 Å². The normalized spacial score (nSPS) is 12.4. The van der Waals surface area contributed by atoms with Crippen molar-refractivity contribution in [1.82, 2.24) is 0 Å². The molecular weight excluding hydrogens is 292 g/mol. The zero-order valence-electron chi connectivity index (χ0n) is 9.54. The molecule has 16 heavy (non-hydrogen) atoms. The summed E-state index contributed by atoms with van der Waals surface area (Å²) in [6.45, 7) is 4.32. The first-order chi connectivity index (χ1) is 6.99. The van der Waals surface area contributed by atoms with Crippen molar-refractivity contribution in [2.75, 3.05) is 0 Å². The molecule has 0 saturated heterocycles. The Morgan fingerprint density at radius 1 is 1.25 bits per heavy atom. The molecule has 1 rings (SSSR count). The van der Waals surface area contributed by atoms with Gasteiger partial charge >= 0.3 is 0 Å². The molecule has 0 aliphatic rings. The highest BCUT2D eigenvalue weighted by molar-refractivity contribution is 9.10. The van der Waals surface area contributed by atoms with E-state index in [0.29, 0.717) is 5.92 Å². The van der Waals surface area contributed by atoms with Crippen molar-refractivity contribution in [3.8, 4) is 0 Å². The van der Waals surface area contributed by atoms with Gasteiger partial charge in [-0.3, -0.25) is 0 Å². The summed E-state index contributed by atoms with van der Waals surface area (Å²) in [6.07, 6.45) is 1.96. The van der Waals surface area contributed by atoms with E-state index in [0.717, 1.165) is 22.9 Å². The van der Waals surface area contributed by atoms with E-state index in [1.165, 1.54) is 12.1 Å². The smallest absolute Gasteiger partial charge is 0.124 e. The van der Waals surface area contributed by atoms with E-state index < -0.39 is 0 Å². The number of benzene rings is 1. The lowest BCUT2D eigenvalue weighted by atomic mass is 9.98. The van der Waals surface area contributed by atoms with Crippen molar-refractivity contribution in [2.24, 2.45) is 11.7 Å². The molecule has 0 fully saturated rings. The van der Waals surface area contributed by atoms with Crippen LogP contribution in [0.3, 0.4) is 0 Å². The van der Waals surface area contributed by atoms with Crippen LogP contribution in [0.4, 0.5) is 4.39 Å². The molecule has 0 saturated carbocycles. The van der Waals surface area contributed by atoms with Crippen LogP contribution in [0.15, 0.2) is 22.7 Å². The van der Waals surface area contributed by atoms with Crippen LogP contribution in [0.1, 0.15) is 38.3 Å². The largest absolute Gasteiger partial charge is 0.324 e. The molecule has 1 atom stereocenters. The van der Waals surface area contributed by atoms with Crippen LogP contribution in [0.25, 0.3) is 0 Å². The lowest BCUT2D eigenvalue weighted by Crippen LogP contribution is -2.11. The van der Waals surface area contributed by atoms with Gasteiger partial charge in [-0.15, -0.1) is 12.4 Å². The fourth-order valence-corrected chi connectivity index (χ4v) is 1.95. The van der Waals surface area contributed by atoms with Gasteiger partial charge in [0, 0.05) is 10.5 Å². The van der Waals surface area contributed by atoms with Gasteiger partial charge in [0.2, 0.25) is 0 Å². The molecule has 0 aliphatic heterocycles. The highest BCUT2D eigenvalue weighted by Gasteiger charge is 2.09. The minimum Gasteiger partial charge on any atom is -0.324 e. The number of nitrogens with two attached hydrogens (primary N) is 1. The van der Waals surface area contributed by atoms with E-state index >= 15 is 0 Å². The van der Waals surface area contributed by atoms with Crippen molar-refractivity contribution in [3.63, 3.8) is 0 Å². The molecule has 0 aliphatic carbocycles. The monoisotopic (exact) mass is 309 g/mol. The highest BCUT2D eigenvalue weighted by atomic mass is 79.9. The summed E-state index contributed by atoms with van der Waals surface area (Å²) in [6, 6.07) is 4.77. The summed E-state index contributed by atoms with van der Waals surface area (Å²) in [5, 5.41) is 0. The molecule has 1 aromatic carbocycles. The van der Waals surface area contributed by atoms with Crippen LogP contribution >= 0.6 is 28.3 Å². The number of rotatable bonds is 4. The third-order valence-corrected chi connectivity index (χ3v) is 2.83. The average Bonchev–Trinajstić information content (AvgIpc) is 2.12. The Labute approximate surface area is 111 Å². The molecule has 0 unspecified atom stereocenters. The van der Waals surface area contributed by atoms with Gasteiger partial charge in [0.05, 0.1) is 0 Å². The molecule has 0 bridgehead atoms. The maximum atomic E-state index is 13.1. The second-order valence-electron chi connectivity index (χ2n) is 4.28. The predicted octanol–water partition coefficient (Wildman–Crippen LogP) is 4.45. The van der Waals surface area contributed by atoms with E-state index in [1.807, 2.05) is 6.07 Å². The average molecular weight is 311 g/mol. The van der Waals surface area contributed by atoms with Crippen LogP contribution in [0, 0.1) is 11.7 Å². The number of hydrogen-bond donors (Lipinski definition) is 1. The summed E-state index contributed by atoms with van der Waals surface area (Å²) in [4.78, 5) is 0. The third-order valence-electron chi connectivity index (χ3n) is 2.37. The van der Waals surface area contributed by atoms with Crippen LogP contribution in [0.2, 0.25) is 0 Å². The zero-order chi connectivity index (χ0) is 11.4. The molecule has 0 heterocycles. The van der Waals surface area contributed by atoms with Gasteiger partial charge in [0.1, 0.15) is 5.82 Å². The Hall–Kier alpha value is -0.120. The van der Waals surface area contributed by atoms with E-state index in [-0.39, 0.29) is 24.3 Å². The second-order valence-corrected chi connectivity index (χ2v) is 5.20. The summed E-state index contributed by atoms with van der Waals surface area (Å²) in [5.74, 6) is 0.396. The second kappa shape index (κ2) is 7.25. The summed E-state index contributed by atoms with van der Waals surface area (Å²) < 4.78 is 13.8. The summed E-state index contributed by atoms with van der Waals surface area (Å²) in [7, 11) is 0. The number of hydrogen-bond acceptors (Lipinski definition) is 1. The van der Waals surface area contributed by atoms with Crippen molar-refractivity contribution >= 4 is 28.3 Å². The SMILES string of the molecule is CC(C)CC[C@H](N)c1cc(F)cc(Br)c1.Cl. The number of halogens is 3. The topological polar surface area (TPSA) is 26.0 Å². The Kier molecular flexibility index (Phi) is 7.20. The molecule has 0 amide bonds. The van der Waals surface area contributed by atoms with Crippen molar-refractivity contribution < 1.29 is 4.39 Å². The van der Waals surface area contributed by atoms with Crippen LogP contribution in [-0.4, -0.2) is 0 Å². The Morgan fingerprint density at radius 2 is 1.88 bits per heavy atom. The van der Waals surface area contributed by atoms with E-state index in [9.17, 15) is 4.39 Å². The maximum absolute atomic E-state index is 13.1. The first-order valence-electron chi connectivity index (χ1n) is 5.20. The van der Waals surface area contributed by atoms with Gasteiger partial charge in [-0.05, 0) is 42.5 Å². The van der Waals surface area contributed by atoms with E-state index in [1.54, 1.807) is 0 Å². The Morgan fingerprint density at radius 3 is 2.38 bits per heavy atom. The molecule has 0 radical (unpaired) electrons. The molecular formula is C12H18BrClFN.